The lowest BCUT2D eigenvalue weighted by Crippen LogP contribution is -2.46. The molecule has 0 spiro atoms. The van der Waals surface area contributed by atoms with Crippen molar-refractivity contribution in [1.29, 1.82) is 0 Å². The van der Waals surface area contributed by atoms with Crippen LogP contribution in [0.4, 0.5) is 24.0 Å². The van der Waals surface area contributed by atoms with Crippen LogP contribution < -0.4 is 9.80 Å². The van der Waals surface area contributed by atoms with Crippen molar-refractivity contribution < 1.29 is 13.2 Å². The van der Waals surface area contributed by atoms with Crippen molar-refractivity contribution in [2.75, 3.05) is 36.0 Å². The molecule has 21 heavy (non-hydrogen) atoms. The van der Waals surface area contributed by atoms with Crippen LogP contribution in [0.2, 0.25) is 0 Å². The van der Waals surface area contributed by atoms with Crippen LogP contribution in [0, 0.1) is 0 Å². The van der Waals surface area contributed by atoms with E-state index in [9.17, 15) is 13.2 Å². The van der Waals surface area contributed by atoms with Gasteiger partial charge in [-0.3, -0.25) is 4.68 Å². The van der Waals surface area contributed by atoms with Crippen LogP contribution in [0.3, 0.4) is 0 Å². The summed E-state index contributed by atoms with van der Waals surface area (Å²) in [4.78, 5) is 3.98. The molecular weight excluding hydrogens is 305 g/mol. The molecule has 3 heterocycles. The van der Waals surface area contributed by atoms with Gasteiger partial charge in [0.15, 0.2) is 0 Å². The van der Waals surface area contributed by atoms with E-state index in [-0.39, 0.29) is 0 Å². The maximum Gasteiger partial charge on any atom is 0.445 e. The molecule has 0 amide bonds. The van der Waals surface area contributed by atoms with Gasteiger partial charge in [-0.15, -0.1) is 10.2 Å². The van der Waals surface area contributed by atoms with E-state index >= 15 is 0 Å². The van der Waals surface area contributed by atoms with Gasteiger partial charge in [0.2, 0.25) is 10.1 Å². The normalized spacial score (nSPS) is 16.6. The fraction of sp³-hybridized carbons (Fsp3) is 0.545. The van der Waals surface area contributed by atoms with E-state index in [1.165, 1.54) is 0 Å². The van der Waals surface area contributed by atoms with Crippen LogP contribution in [-0.2, 0) is 13.2 Å². The van der Waals surface area contributed by atoms with Crippen LogP contribution in [0.25, 0.3) is 0 Å². The Balaban J connectivity index is 1.64. The number of aromatic nitrogens is 4. The number of hydrogen-bond acceptors (Lipinski definition) is 6. The zero-order valence-corrected chi connectivity index (χ0v) is 12.0. The third-order valence-corrected chi connectivity index (χ3v) is 4.29. The number of aryl methyl sites for hydroxylation is 1. The molecule has 2 aromatic rings. The van der Waals surface area contributed by atoms with Gasteiger partial charge >= 0.3 is 6.18 Å². The highest BCUT2D eigenvalue weighted by Crippen LogP contribution is 2.34. The molecule has 0 aromatic carbocycles. The summed E-state index contributed by atoms with van der Waals surface area (Å²) in [6.45, 7) is 2.65. The predicted octanol–water partition coefficient (Wildman–Crippen LogP) is 1.62. The lowest BCUT2D eigenvalue weighted by Gasteiger charge is -2.34. The zero-order valence-electron chi connectivity index (χ0n) is 11.2. The van der Waals surface area contributed by atoms with Crippen LogP contribution in [0.15, 0.2) is 12.4 Å². The molecule has 1 saturated heterocycles. The SMILES string of the molecule is Cn1cc(N2CCN(c3nnc(C(F)(F)F)s3)CC2)cn1. The number of nitrogens with zero attached hydrogens (tertiary/aromatic N) is 6. The smallest absolute Gasteiger partial charge is 0.365 e. The summed E-state index contributed by atoms with van der Waals surface area (Å²) >= 11 is 0.591. The topological polar surface area (TPSA) is 50.1 Å². The predicted molar refractivity (Wildman–Crippen MR) is 72.5 cm³/mol. The Morgan fingerprint density at radius 3 is 2.29 bits per heavy atom. The van der Waals surface area contributed by atoms with Crippen LogP contribution in [0.5, 0.6) is 0 Å². The van der Waals surface area contributed by atoms with Crippen molar-refractivity contribution in [3.63, 3.8) is 0 Å². The monoisotopic (exact) mass is 318 g/mol. The molecule has 0 radical (unpaired) electrons. The second-order valence-corrected chi connectivity index (χ2v) is 5.69. The van der Waals surface area contributed by atoms with Gasteiger partial charge in [-0.1, -0.05) is 11.3 Å². The highest BCUT2D eigenvalue weighted by atomic mass is 32.1. The average Bonchev–Trinajstić information content (AvgIpc) is 3.07. The van der Waals surface area contributed by atoms with Gasteiger partial charge in [0.25, 0.3) is 0 Å². The summed E-state index contributed by atoms with van der Waals surface area (Å²) < 4.78 is 39.3. The molecule has 1 aliphatic rings. The Labute approximate surface area is 122 Å². The number of halogens is 3. The summed E-state index contributed by atoms with van der Waals surface area (Å²) in [7, 11) is 1.85. The summed E-state index contributed by atoms with van der Waals surface area (Å²) in [5, 5.41) is 10.4. The Morgan fingerprint density at radius 2 is 1.76 bits per heavy atom. The zero-order chi connectivity index (χ0) is 15.0. The summed E-state index contributed by atoms with van der Waals surface area (Å²) in [6, 6.07) is 0. The number of hydrogen-bond donors (Lipinski definition) is 0. The number of anilines is 2. The van der Waals surface area contributed by atoms with Crippen molar-refractivity contribution in [2.24, 2.45) is 7.05 Å². The first-order valence-electron chi connectivity index (χ1n) is 6.33. The number of rotatable bonds is 2. The van der Waals surface area contributed by atoms with Crippen molar-refractivity contribution in [3.8, 4) is 0 Å². The molecule has 0 saturated carbocycles. The Hall–Kier alpha value is -1.84. The molecule has 0 bridgehead atoms. The number of piperazine rings is 1. The summed E-state index contributed by atoms with van der Waals surface area (Å²) in [5.74, 6) is 0. The molecule has 0 aliphatic carbocycles. The molecule has 6 nitrogen and oxygen atoms in total. The molecule has 114 valence electrons. The van der Waals surface area contributed by atoms with Gasteiger partial charge in [-0.25, -0.2) is 0 Å². The molecule has 2 aromatic heterocycles. The lowest BCUT2D eigenvalue weighted by atomic mass is 10.3. The molecular formula is C11H13F3N6S. The first-order chi connectivity index (χ1) is 9.93. The van der Waals surface area contributed by atoms with E-state index < -0.39 is 11.2 Å². The highest BCUT2D eigenvalue weighted by Gasteiger charge is 2.36. The molecule has 1 aliphatic heterocycles. The standard InChI is InChI=1S/C11H13F3N6S/c1-18-7-8(6-15-18)19-2-4-20(5-3-19)10-17-16-9(21-10)11(12,13)14/h6-7H,2-5H2,1H3. The van der Waals surface area contributed by atoms with Crippen LogP contribution in [-0.4, -0.2) is 46.2 Å². The minimum absolute atomic E-state index is 0.327. The van der Waals surface area contributed by atoms with Gasteiger partial charge in [-0.05, 0) is 0 Å². The van der Waals surface area contributed by atoms with E-state index in [4.69, 9.17) is 0 Å². The molecule has 0 unspecified atom stereocenters. The lowest BCUT2D eigenvalue weighted by molar-refractivity contribution is -0.138. The average molecular weight is 318 g/mol. The van der Waals surface area contributed by atoms with Crippen LogP contribution >= 0.6 is 11.3 Å². The fourth-order valence-electron chi connectivity index (χ4n) is 2.19. The highest BCUT2D eigenvalue weighted by molar-refractivity contribution is 7.15. The summed E-state index contributed by atoms with van der Waals surface area (Å²) in [5.41, 5.74) is 1.02. The van der Waals surface area contributed by atoms with E-state index in [2.05, 4.69) is 20.2 Å². The molecule has 0 N–H and O–H groups in total. The van der Waals surface area contributed by atoms with E-state index in [0.717, 1.165) is 5.69 Å². The van der Waals surface area contributed by atoms with E-state index in [1.807, 2.05) is 18.1 Å². The van der Waals surface area contributed by atoms with Gasteiger partial charge in [0.1, 0.15) is 0 Å². The maximum absolute atomic E-state index is 12.5. The minimum atomic E-state index is -4.42. The number of alkyl halides is 3. The van der Waals surface area contributed by atoms with Gasteiger partial charge in [-0.2, -0.15) is 18.3 Å². The third kappa shape index (κ3) is 2.94. The van der Waals surface area contributed by atoms with Crippen molar-refractivity contribution in [3.05, 3.63) is 17.4 Å². The second-order valence-electron chi connectivity index (χ2n) is 4.73. The minimum Gasteiger partial charge on any atom is -0.365 e. The largest absolute Gasteiger partial charge is 0.445 e. The molecule has 1 fully saturated rings. The van der Waals surface area contributed by atoms with E-state index in [1.54, 1.807) is 10.9 Å². The third-order valence-electron chi connectivity index (χ3n) is 3.26. The second kappa shape index (κ2) is 5.17. The first-order valence-corrected chi connectivity index (χ1v) is 7.14. The quantitative estimate of drug-likeness (QED) is 0.842. The van der Waals surface area contributed by atoms with E-state index in [0.29, 0.717) is 42.6 Å². The van der Waals surface area contributed by atoms with Crippen molar-refractivity contribution in [1.82, 2.24) is 20.0 Å². The Morgan fingerprint density at radius 1 is 1.10 bits per heavy atom. The maximum atomic E-state index is 12.5. The Kier molecular flexibility index (Phi) is 3.47. The van der Waals surface area contributed by atoms with Crippen molar-refractivity contribution in [2.45, 2.75) is 6.18 Å². The van der Waals surface area contributed by atoms with Crippen LogP contribution in [0.1, 0.15) is 5.01 Å². The van der Waals surface area contributed by atoms with Gasteiger partial charge in [0.05, 0.1) is 11.9 Å². The van der Waals surface area contributed by atoms with Crippen molar-refractivity contribution >= 4 is 22.2 Å². The molecule has 0 atom stereocenters. The molecule has 10 heteroatoms. The summed E-state index contributed by atoms with van der Waals surface area (Å²) in [6.07, 6.45) is -0.724. The first kappa shape index (κ1) is 14.1. The van der Waals surface area contributed by atoms with Gasteiger partial charge < -0.3 is 9.80 Å². The van der Waals surface area contributed by atoms with Gasteiger partial charge in [0, 0.05) is 39.4 Å². The molecule has 3 rings (SSSR count). The Bertz CT molecular complexity index is 614. The fourth-order valence-corrected chi connectivity index (χ4v) is 2.95.